The fraction of sp³-hybridized carbons (Fsp3) is 0.176. The van der Waals surface area contributed by atoms with E-state index in [1.165, 1.54) is 36.4 Å². The zero-order valence-electron chi connectivity index (χ0n) is 12.7. The molecule has 0 spiro atoms. The molecule has 3 N–H and O–H groups in total. The smallest absolute Gasteiger partial charge is 0.238 e. The van der Waals surface area contributed by atoms with Crippen LogP contribution in [0, 0.1) is 5.82 Å². The maximum absolute atomic E-state index is 13.9. The molecule has 24 heavy (non-hydrogen) atoms. The highest BCUT2D eigenvalue weighted by atomic mass is 35.5. The van der Waals surface area contributed by atoms with Crippen molar-refractivity contribution < 1.29 is 19.1 Å². The summed E-state index contributed by atoms with van der Waals surface area (Å²) in [4.78, 5) is 24.5. The summed E-state index contributed by atoms with van der Waals surface area (Å²) in [7, 11) is 0. The van der Waals surface area contributed by atoms with Gasteiger partial charge in [-0.15, -0.1) is 0 Å². The van der Waals surface area contributed by atoms with Crippen LogP contribution in [-0.4, -0.2) is 36.5 Å². The maximum atomic E-state index is 13.9. The summed E-state index contributed by atoms with van der Waals surface area (Å²) in [5, 5.41) is 14.3. The van der Waals surface area contributed by atoms with Gasteiger partial charge in [0.2, 0.25) is 5.91 Å². The summed E-state index contributed by atoms with van der Waals surface area (Å²) in [6, 6.07) is 9.99. The number of ketones is 1. The largest absolute Gasteiger partial charge is 0.395 e. The quantitative estimate of drug-likeness (QED) is 0.528. The summed E-state index contributed by atoms with van der Waals surface area (Å²) < 4.78 is 13.9. The lowest BCUT2D eigenvalue weighted by Crippen LogP contribution is -2.30. The van der Waals surface area contributed by atoms with E-state index < -0.39 is 17.5 Å². The average molecular weight is 351 g/mol. The van der Waals surface area contributed by atoms with E-state index in [0.717, 1.165) is 0 Å². The van der Waals surface area contributed by atoms with Crippen molar-refractivity contribution in [2.75, 3.05) is 25.0 Å². The van der Waals surface area contributed by atoms with Crippen molar-refractivity contribution >= 4 is 29.0 Å². The molecule has 0 fully saturated rings. The van der Waals surface area contributed by atoms with Crippen molar-refractivity contribution in [2.45, 2.75) is 0 Å². The van der Waals surface area contributed by atoms with Crippen molar-refractivity contribution in [2.24, 2.45) is 0 Å². The number of aliphatic hydroxyl groups is 1. The van der Waals surface area contributed by atoms with Crippen LogP contribution in [0.25, 0.3) is 0 Å². The van der Waals surface area contributed by atoms with Crippen molar-refractivity contribution in [3.63, 3.8) is 0 Å². The standard InChI is InChI=1S/C17H16ClFN2O3/c18-11-5-6-15(21-16(23)10-20-7-8-22)13(9-11)17(24)12-3-1-2-4-14(12)19/h1-6,9,20,22H,7-8,10H2,(H,21,23). The molecule has 5 nitrogen and oxygen atoms in total. The first-order valence-electron chi connectivity index (χ1n) is 7.23. The van der Waals surface area contributed by atoms with Crippen LogP contribution in [0.15, 0.2) is 42.5 Å². The van der Waals surface area contributed by atoms with E-state index in [1.54, 1.807) is 6.07 Å². The van der Waals surface area contributed by atoms with Gasteiger partial charge in [0, 0.05) is 17.1 Å². The Kier molecular flexibility index (Phi) is 6.43. The second-order valence-corrected chi connectivity index (χ2v) is 5.38. The van der Waals surface area contributed by atoms with E-state index in [2.05, 4.69) is 10.6 Å². The molecule has 126 valence electrons. The van der Waals surface area contributed by atoms with Crippen molar-refractivity contribution in [3.05, 3.63) is 64.4 Å². The number of anilines is 1. The molecule has 7 heteroatoms. The molecule has 0 radical (unpaired) electrons. The Hall–Kier alpha value is -2.28. The third kappa shape index (κ3) is 4.61. The topological polar surface area (TPSA) is 78.4 Å². The number of carbonyl (C=O) groups is 2. The Morgan fingerprint density at radius 1 is 1.12 bits per heavy atom. The first-order valence-corrected chi connectivity index (χ1v) is 7.61. The number of halogens is 2. The van der Waals surface area contributed by atoms with Crippen LogP contribution < -0.4 is 10.6 Å². The Balaban J connectivity index is 2.26. The van der Waals surface area contributed by atoms with Gasteiger partial charge in [-0.3, -0.25) is 9.59 Å². The number of amides is 1. The molecule has 0 aromatic heterocycles. The van der Waals surface area contributed by atoms with Crippen LogP contribution in [0.3, 0.4) is 0 Å². The molecule has 0 bridgehead atoms. The predicted octanol–water partition coefficient (Wildman–Crippen LogP) is 2.23. The summed E-state index contributed by atoms with van der Waals surface area (Å²) in [6.45, 7) is 0.150. The van der Waals surface area contributed by atoms with Crippen molar-refractivity contribution in [3.8, 4) is 0 Å². The number of hydrogen-bond acceptors (Lipinski definition) is 4. The Morgan fingerprint density at radius 3 is 2.58 bits per heavy atom. The monoisotopic (exact) mass is 350 g/mol. The average Bonchev–Trinajstić information content (AvgIpc) is 2.56. The highest BCUT2D eigenvalue weighted by molar-refractivity contribution is 6.31. The van der Waals surface area contributed by atoms with E-state index in [1.807, 2.05) is 0 Å². The van der Waals surface area contributed by atoms with Crippen molar-refractivity contribution in [1.82, 2.24) is 5.32 Å². The summed E-state index contributed by atoms with van der Waals surface area (Å²) >= 11 is 5.93. The Bertz CT molecular complexity index is 752. The summed E-state index contributed by atoms with van der Waals surface area (Å²) in [5.74, 6) is -1.62. The number of rotatable bonds is 7. The van der Waals surface area contributed by atoms with Gasteiger partial charge in [-0.05, 0) is 30.3 Å². The summed E-state index contributed by atoms with van der Waals surface area (Å²) in [5.41, 5.74) is 0.236. The number of benzene rings is 2. The molecule has 0 saturated carbocycles. The van der Waals surface area contributed by atoms with E-state index in [-0.39, 0.29) is 36.5 Å². The minimum atomic E-state index is -0.649. The summed E-state index contributed by atoms with van der Waals surface area (Å²) in [6.07, 6.45) is 0. The molecule has 0 aliphatic heterocycles. The van der Waals surface area contributed by atoms with Crippen LogP contribution in [0.4, 0.5) is 10.1 Å². The second kappa shape index (κ2) is 8.54. The van der Waals surface area contributed by atoms with Gasteiger partial charge >= 0.3 is 0 Å². The van der Waals surface area contributed by atoms with Gasteiger partial charge in [-0.25, -0.2) is 4.39 Å². The van der Waals surface area contributed by atoms with Crippen LogP contribution in [0.1, 0.15) is 15.9 Å². The first kappa shape index (κ1) is 18.1. The highest BCUT2D eigenvalue weighted by Gasteiger charge is 2.18. The van der Waals surface area contributed by atoms with Gasteiger partial charge < -0.3 is 15.7 Å². The van der Waals surface area contributed by atoms with E-state index in [0.29, 0.717) is 5.02 Å². The fourth-order valence-corrected chi connectivity index (χ4v) is 2.25. The van der Waals surface area contributed by atoms with Crippen LogP contribution in [0.5, 0.6) is 0 Å². The molecule has 0 atom stereocenters. The molecule has 0 heterocycles. The third-order valence-electron chi connectivity index (χ3n) is 3.19. The minimum Gasteiger partial charge on any atom is -0.395 e. The van der Waals surface area contributed by atoms with E-state index in [4.69, 9.17) is 16.7 Å². The minimum absolute atomic E-state index is 0.0312. The van der Waals surface area contributed by atoms with Crippen LogP contribution in [-0.2, 0) is 4.79 Å². The van der Waals surface area contributed by atoms with Gasteiger partial charge in [-0.2, -0.15) is 0 Å². The Morgan fingerprint density at radius 2 is 1.88 bits per heavy atom. The molecule has 1 amide bonds. The Labute approximate surface area is 143 Å². The molecular formula is C17H16ClFN2O3. The number of carbonyl (C=O) groups excluding carboxylic acids is 2. The van der Waals surface area contributed by atoms with Gasteiger partial charge in [0.1, 0.15) is 5.82 Å². The van der Waals surface area contributed by atoms with Gasteiger partial charge in [0.25, 0.3) is 0 Å². The van der Waals surface area contributed by atoms with Gasteiger partial charge in [-0.1, -0.05) is 23.7 Å². The normalized spacial score (nSPS) is 10.5. The van der Waals surface area contributed by atoms with E-state index in [9.17, 15) is 14.0 Å². The zero-order chi connectivity index (χ0) is 17.5. The second-order valence-electron chi connectivity index (χ2n) is 4.95. The molecule has 0 unspecified atom stereocenters. The molecule has 2 rings (SSSR count). The third-order valence-corrected chi connectivity index (χ3v) is 3.43. The lowest BCUT2D eigenvalue weighted by Gasteiger charge is -2.12. The molecule has 2 aromatic carbocycles. The number of nitrogens with one attached hydrogen (secondary N) is 2. The molecule has 0 aliphatic rings. The molecule has 0 aliphatic carbocycles. The zero-order valence-corrected chi connectivity index (χ0v) is 13.4. The molecular weight excluding hydrogens is 335 g/mol. The maximum Gasteiger partial charge on any atom is 0.238 e. The number of hydrogen-bond donors (Lipinski definition) is 3. The van der Waals surface area contributed by atoms with E-state index >= 15 is 0 Å². The SMILES string of the molecule is O=C(CNCCO)Nc1ccc(Cl)cc1C(=O)c1ccccc1F. The lowest BCUT2D eigenvalue weighted by atomic mass is 10.0. The number of aliphatic hydroxyl groups excluding tert-OH is 1. The fourth-order valence-electron chi connectivity index (χ4n) is 2.08. The van der Waals surface area contributed by atoms with Crippen LogP contribution in [0.2, 0.25) is 5.02 Å². The van der Waals surface area contributed by atoms with Gasteiger partial charge in [0.15, 0.2) is 5.78 Å². The molecule has 0 saturated heterocycles. The lowest BCUT2D eigenvalue weighted by molar-refractivity contribution is -0.115. The predicted molar refractivity (Wildman–Crippen MR) is 89.9 cm³/mol. The van der Waals surface area contributed by atoms with Crippen LogP contribution >= 0.6 is 11.6 Å². The first-order chi connectivity index (χ1) is 11.5. The van der Waals surface area contributed by atoms with Crippen molar-refractivity contribution in [1.29, 1.82) is 0 Å². The highest BCUT2D eigenvalue weighted by Crippen LogP contribution is 2.24. The molecule has 2 aromatic rings. The van der Waals surface area contributed by atoms with Gasteiger partial charge in [0.05, 0.1) is 24.4 Å².